The van der Waals surface area contributed by atoms with E-state index in [1.54, 1.807) is 4.88 Å². The van der Waals surface area contributed by atoms with E-state index < -0.39 is 0 Å². The van der Waals surface area contributed by atoms with Crippen LogP contribution in [0.15, 0.2) is 0 Å². The van der Waals surface area contributed by atoms with Gasteiger partial charge in [-0.1, -0.05) is 13.8 Å². The van der Waals surface area contributed by atoms with Gasteiger partial charge in [0.05, 0.1) is 11.7 Å². The first-order valence-electron chi connectivity index (χ1n) is 6.57. The molecule has 16 heavy (non-hydrogen) atoms. The Morgan fingerprint density at radius 2 is 2.12 bits per heavy atom. The fraction of sp³-hybridized carbons (Fsp3) is 0.769. The number of nitrogens with one attached hydrogen (secondary N) is 1. The molecule has 1 aromatic rings. The molecule has 1 aromatic heterocycles. The van der Waals surface area contributed by atoms with E-state index in [1.807, 2.05) is 11.3 Å². The van der Waals surface area contributed by atoms with Crippen molar-refractivity contribution < 1.29 is 0 Å². The summed E-state index contributed by atoms with van der Waals surface area (Å²) < 4.78 is 0. The van der Waals surface area contributed by atoms with Crippen LogP contribution in [0.2, 0.25) is 0 Å². The zero-order chi connectivity index (χ0) is 11.4. The van der Waals surface area contributed by atoms with E-state index in [0.717, 1.165) is 13.0 Å². The average molecular weight is 238 g/mol. The number of nitrogens with zero attached hydrogens (tertiary/aromatic N) is 1. The molecule has 1 aliphatic rings. The number of fused-ring (bicyclic) bond motifs is 1. The molecule has 90 valence electrons. The van der Waals surface area contributed by atoms with E-state index in [0.29, 0.717) is 6.04 Å². The largest absolute Gasteiger partial charge is 0.308 e. The topological polar surface area (TPSA) is 24.9 Å². The summed E-state index contributed by atoms with van der Waals surface area (Å²) in [7, 11) is 0. The molecule has 0 bridgehead atoms. The van der Waals surface area contributed by atoms with Crippen LogP contribution in [0.3, 0.4) is 0 Å². The van der Waals surface area contributed by atoms with Crippen LogP contribution in [0.25, 0.3) is 0 Å². The standard InChI is InChI=1S/C13H22N2S/c1-3-9-14-10(4-2)13-15-11-7-5-6-8-12(11)16-13/h10,14H,3-9H2,1-2H3. The Morgan fingerprint density at radius 3 is 2.81 bits per heavy atom. The summed E-state index contributed by atoms with van der Waals surface area (Å²) >= 11 is 1.94. The van der Waals surface area contributed by atoms with Crippen molar-refractivity contribution in [1.82, 2.24) is 10.3 Å². The van der Waals surface area contributed by atoms with Gasteiger partial charge in [-0.05, 0) is 45.1 Å². The van der Waals surface area contributed by atoms with Gasteiger partial charge in [-0.3, -0.25) is 0 Å². The second-order valence-electron chi connectivity index (χ2n) is 4.54. The fourth-order valence-corrected chi connectivity index (χ4v) is 3.56. The first-order valence-corrected chi connectivity index (χ1v) is 7.38. The van der Waals surface area contributed by atoms with Gasteiger partial charge in [0.25, 0.3) is 0 Å². The van der Waals surface area contributed by atoms with Crippen molar-refractivity contribution >= 4 is 11.3 Å². The van der Waals surface area contributed by atoms with Gasteiger partial charge in [0, 0.05) is 4.88 Å². The highest BCUT2D eigenvalue weighted by molar-refractivity contribution is 7.11. The molecule has 0 spiro atoms. The van der Waals surface area contributed by atoms with Gasteiger partial charge in [-0.2, -0.15) is 0 Å². The molecule has 0 fully saturated rings. The lowest BCUT2D eigenvalue weighted by molar-refractivity contribution is 0.514. The van der Waals surface area contributed by atoms with Crippen LogP contribution in [0.4, 0.5) is 0 Å². The molecule has 2 nitrogen and oxygen atoms in total. The van der Waals surface area contributed by atoms with E-state index in [1.165, 1.54) is 42.8 Å². The summed E-state index contributed by atoms with van der Waals surface area (Å²) in [5.74, 6) is 0. The van der Waals surface area contributed by atoms with Crippen LogP contribution < -0.4 is 5.32 Å². The first-order chi connectivity index (χ1) is 7.85. The van der Waals surface area contributed by atoms with Crippen molar-refractivity contribution in [2.75, 3.05) is 6.54 Å². The van der Waals surface area contributed by atoms with Crippen molar-refractivity contribution in [1.29, 1.82) is 0 Å². The zero-order valence-corrected chi connectivity index (χ0v) is 11.2. The Hall–Kier alpha value is -0.410. The Bertz CT molecular complexity index is 309. The third-order valence-electron chi connectivity index (χ3n) is 3.21. The van der Waals surface area contributed by atoms with Crippen molar-refractivity contribution in [3.63, 3.8) is 0 Å². The highest BCUT2D eigenvalue weighted by atomic mass is 32.1. The Labute approximate surface area is 102 Å². The number of aryl methyl sites for hydroxylation is 2. The van der Waals surface area contributed by atoms with E-state index >= 15 is 0 Å². The highest BCUT2D eigenvalue weighted by Crippen LogP contribution is 2.30. The Balaban J connectivity index is 2.09. The Kier molecular flexibility index (Phi) is 4.36. The maximum Gasteiger partial charge on any atom is 0.110 e. The smallest absolute Gasteiger partial charge is 0.110 e. The fourth-order valence-electron chi connectivity index (χ4n) is 2.25. The van der Waals surface area contributed by atoms with Crippen LogP contribution >= 0.6 is 11.3 Å². The SMILES string of the molecule is CCCNC(CC)c1nc2c(s1)CCCC2. The third kappa shape index (κ3) is 2.64. The molecule has 0 amide bonds. The minimum Gasteiger partial charge on any atom is -0.308 e. The van der Waals surface area contributed by atoms with Crippen molar-refractivity contribution in [2.24, 2.45) is 0 Å². The quantitative estimate of drug-likeness (QED) is 0.849. The summed E-state index contributed by atoms with van der Waals surface area (Å²) in [6, 6.07) is 0.482. The van der Waals surface area contributed by atoms with Crippen LogP contribution in [0.1, 0.15) is 61.2 Å². The molecule has 1 N–H and O–H groups in total. The lowest BCUT2D eigenvalue weighted by Crippen LogP contribution is -2.21. The molecule has 0 radical (unpaired) electrons. The van der Waals surface area contributed by atoms with Crippen LogP contribution in [-0.2, 0) is 12.8 Å². The van der Waals surface area contributed by atoms with E-state index in [9.17, 15) is 0 Å². The van der Waals surface area contributed by atoms with Gasteiger partial charge in [0.1, 0.15) is 5.01 Å². The normalized spacial score (nSPS) is 17.1. The van der Waals surface area contributed by atoms with E-state index in [-0.39, 0.29) is 0 Å². The minimum absolute atomic E-state index is 0.482. The van der Waals surface area contributed by atoms with Gasteiger partial charge < -0.3 is 5.32 Å². The third-order valence-corrected chi connectivity index (χ3v) is 4.48. The van der Waals surface area contributed by atoms with Gasteiger partial charge >= 0.3 is 0 Å². The first kappa shape index (κ1) is 12.1. The number of hydrogen-bond donors (Lipinski definition) is 1. The molecule has 0 saturated carbocycles. The van der Waals surface area contributed by atoms with Gasteiger partial charge in [-0.15, -0.1) is 11.3 Å². The molecule has 0 aromatic carbocycles. The van der Waals surface area contributed by atoms with Crippen molar-refractivity contribution in [3.8, 4) is 0 Å². The number of rotatable bonds is 5. The van der Waals surface area contributed by atoms with Gasteiger partial charge in [-0.25, -0.2) is 4.98 Å². The summed E-state index contributed by atoms with van der Waals surface area (Å²) in [4.78, 5) is 6.38. The second kappa shape index (κ2) is 5.78. The summed E-state index contributed by atoms with van der Waals surface area (Å²) in [6.45, 7) is 5.56. The number of aromatic nitrogens is 1. The molecular weight excluding hydrogens is 216 g/mol. The van der Waals surface area contributed by atoms with Crippen LogP contribution in [0.5, 0.6) is 0 Å². The minimum atomic E-state index is 0.482. The van der Waals surface area contributed by atoms with Gasteiger partial charge in [0.15, 0.2) is 0 Å². The predicted molar refractivity (Wildman–Crippen MR) is 70.1 cm³/mol. The summed E-state index contributed by atoms with van der Waals surface area (Å²) in [5.41, 5.74) is 1.39. The molecule has 2 rings (SSSR count). The van der Waals surface area contributed by atoms with E-state index in [2.05, 4.69) is 19.2 Å². The van der Waals surface area contributed by atoms with Crippen molar-refractivity contribution in [2.45, 2.75) is 58.4 Å². The molecule has 1 unspecified atom stereocenters. The highest BCUT2D eigenvalue weighted by Gasteiger charge is 2.19. The number of hydrogen-bond acceptors (Lipinski definition) is 3. The average Bonchev–Trinajstić information content (AvgIpc) is 2.73. The second-order valence-corrected chi connectivity index (χ2v) is 5.66. The maximum absolute atomic E-state index is 4.83. The predicted octanol–water partition coefficient (Wildman–Crippen LogP) is 3.47. The molecule has 1 atom stereocenters. The lowest BCUT2D eigenvalue weighted by Gasteiger charge is -2.13. The lowest BCUT2D eigenvalue weighted by atomic mass is 10.0. The molecule has 1 heterocycles. The number of thiazole rings is 1. The zero-order valence-electron chi connectivity index (χ0n) is 10.4. The molecule has 0 aliphatic heterocycles. The molecular formula is C13H22N2S. The summed E-state index contributed by atoms with van der Waals surface area (Å²) in [6.07, 6.45) is 7.49. The Morgan fingerprint density at radius 1 is 1.31 bits per heavy atom. The maximum atomic E-state index is 4.83. The molecule has 1 aliphatic carbocycles. The monoisotopic (exact) mass is 238 g/mol. The van der Waals surface area contributed by atoms with Crippen molar-refractivity contribution in [3.05, 3.63) is 15.6 Å². The molecule has 3 heteroatoms. The van der Waals surface area contributed by atoms with Gasteiger partial charge in [0.2, 0.25) is 0 Å². The summed E-state index contributed by atoms with van der Waals surface area (Å²) in [5, 5.41) is 4.91. The van der Waals surface area contributed by atoms with Crippen LogP contribution in [-0.4, -0.2) is 11.5 Å². The van der Waals surface area contributed by atoms with E-state index in [4.69, 9.17) is 4.98 Å². The molecule has 0 saturated heterocycles. The van der Waals surface area contributed by atoms with Crippen LogP contribution in [0, 0.1) is 0 Å².